The molecule has 0 aromatic heterocycles. The van der Waals surface area contributed by atoms with Gasteiger partial charge in [-0.3, -0.25) is 20.4 Å². The van der Waals surface area contributed by atoms with Crippen LogP contribution in [0.4, 0.5) is 0 Å². The van der Waals surface area contributed by atoms with Crippen LogP contribution in [0.15, 0.2) is 48.5 Å². The predicted molar refractivity (Wildman–Crippen MR) is 107 cm³/mol. The van der Waals surface area contributed by atoms with E-state index in [0.717, 1.165) is 17.1 Å². The van der Waals surface area contributed by atoms with Gasteiger partial charge in [0, 0.05) is 17.1 Å². The molecule has 1 heterocycles. The first-order valence-corrected chi connectivity index (χ1v) is 10.4. The van der Waals surface area contributed by atoms with Gasteiger partial charge in [0.25, 0.3) is 11.8 Å². The molecule has 1 aliphatic heterocycles. The second-order valence-corrected chi connectivity index (χ2v) is 8.51. The van der Waals surface area contributed by atoms with Crippen molar-refractivity contribution in [2.75, 3.05) is 18.1 Å². The second-order valence-electron chi connectivity index (χ2n) is 5.38. The van der Waals surface area contributed by atoms with Crippen LogP contribution in [0.1, 0.15) is 20.5 Å². The number of rotatable bonds is 5. The highest BCUT2D eigenvalue weighted by molar-refractivity contribution is 8.19. The van der Waals surface area contributed by atoms with Crippen LogP contribution in [0.3, 0.4) is 0 Å². The molecule has 3 rings (SSSR count). The molecule has 2 amide bonds. The molecule has 8 heteroatoms. The van der Waals surface area contributed by atoms with Crippen molar-refractivity contribution >= 4 is 46.9 Å². The molecule has 0 saturated carbocycles. The lowest BCUT2D eigenvalue weighted by molar-refractivity contribution is -0.123. The maximum atomic E-state index is 12.0. The Balaban J connectivity index is 1.52. The Kier molecular flexibility index (Phi) is 6.71. The Morgan fingerprint density at radius 3 is 2.50 bits per heavy atom. The van der Waals surface area contributed by atoms with Crippen molar-refractivity contribution < 1.29 is 14.3 Å². The lowest BCUT2D eigenvalue weighted by Gasteiger charge is -2.15. The molecule has 2 N–H and O–H groups in total. The van der Waals surface area contributed by atoms with Crippen LogP contribution >= 0.6 is 35.1 Å². The zero-order valence-corrected chi connectivity index (χ0v) is 16.1. The van der Waals surface area contributed by atoms with Crippen molar-refractivity contribution in [1.82, 2.24) is 10.9 Å². The molecule has 1 saturated heterocycles. The molecule has 0 aliphatic carbocycles. The smallest absolute Gasteiger partial charge is 0.276 e. The number of thioether (sulfide) groups is 2. The van der Waals surface area contributed by atoms with Crippen molar-refractivity contribution in [2.45, 2.75) is 4.58 Å². The summed E-state index contributed by atoms with van der Waals surface area (Å²) >= 11 is 9.69. The number of carbonyl (C=O) groups excluding carboxylic acids is 2. The van der Waals surface area contributed by atoms with E-state index in [1.165, 1.54) is 0 Å². The number of hydrazine groups is 1. The highest BCUT2D eigenvalue weighted by Crippen LogP contribution is 2.48. The largest absolute Gasteiger partial charge is 0.483 e. The number of benzene rings is 2. The first-order valence-electron chi connectivity index (χ1n) is 7.94. The first kappa shape index (κ1) is 18.9. The summed E-state index contributed by atoms with van der Waals surface area (Å²) in [6, 6.07) is 14.3. The van der Waals surface area contributed by atoms with Crippen LogP contribution in [0.2, 0.25) is 5.02 Å². The third-order valence-corrected chi connectivity index (χ3v) is 6.98. The van der Waals surface area contributed by atoms with Crippen LogP contribution in [0, 0.1) is 0 Å². The van der Waals surface area contributed by atoms with E-state index < -0.39 is 11.8 Å². The number of nitrogens with one attached hydrogen (secondary N) is 2. The first-order chi connectivity index (χ1) is 12.6. The van der Waals surface area contributed by atoms with Crippen LogP contribution in [-0.4, -0.2) is 29.9 Å². The van der Waals surface area contributed by atoms with Crippen molar-refractivity contribution in [3.05, 3.63) is 64.7 Å². The summed E-state index contributed by atoms with van der Waals surface area (Å²) in [5.41, 5.74) is 6.03. The molecule has 0 bridgehead atoms. The molecule has 1 aliphatic rings. The van der Waals surface area contributed by atoms with Crippen molar-refractivity contribution in [1.29, 1.82) is 0 Å². The highest BCUT2D eigenvalue weighted by atomic mass is 35.5. The SMILES string of the molecule is O=C(COc1ccccc1C1SCCS1)NNC(=O)c1ccccc1Cl. The van der Waals surface area contributed by atoms with Crippen LogP contribution in [0.5, 0.6) is 5.75 Å². The standard InChI is InChI=1S/C18H17ClN2O3S2/c19-14-7-3-1-5-12(14)17(23)21-20-16(22)11-24-15-8-4-2-6-13(15)18-25-9-10-26-18/h1-8,18H,9-11H2,(H,20,22)(H,21,23). The summed E-state index contributed by atoms with van der Waals surface area (Å²) in [6.07, 6.45) is 0. The molecule has 0 unspecified atom stereocenters. The van der Waals surface area contributed by atoms with E-state index in [-0.39, 0.29) is 12.2 Å². The summed E-state index contributed by atoms with van der Waals surface area (Å²) in [6.45, 7) is -0.193. The molecule has 2 aromatic carbocycles. The second kappa shape index (κ2) is 9.21. The molecule has 0 atom stereocenters. The van der Waals surface area contributed by atoms with Gasteiger partial charge in [-0.15, -0.1) is 23.5 Å². The Morgan fingerprint density at radius 2 is 1.73 bits per heavy atom. The number of ether oxygens (including phenoxy) is 1. The molecule has 26 heavy (non-hydrogen) atoms. The van der Waals surface area contributed by atoms with Crippen LogP contribution < -0.4 is 15.6 Å². The van der Waals surface area contributed by atoms with Gasteiger partial charge >= 0.3 is 0 Å². The fourth-order valence-electron chi connectivity index (χ4n) is 2.36. The third-order valence-electron chi connectivity index (χ3n) is 3.59. The van der Waals surface area contributed by atoms with E-state index >= 15 is 0 Å². The number of hydrogen-bond acceptors (Lipinski definition) is 5. The number of hydrogen-bond donors (Lipinski definition) is 2. The van der Waals surface area contributed by atoms with Crippen molar-refractivity contribution in [2.24, 2.45) is 0 Å². The monoisotopic (exact) mass is 408 g/mol. The molecule has 0 spiro atoms. The Labute approximate surface area is 165 Å². The number of carbonyl (C=O) groups is 2. The zero-order chi connectivity index (χ0) is 18.4. The van der Waals surface area contributed by atoms with Gasteiger partial charge < -0.3 is 4.74 Å². The molecule has 136 valence electrons. The zero-order valence-electron chi connectivity index (χ0n) is 13.7. The topological polar surface area (TPSA) is 67.4 Å². The fourth-order valence-corrected chi connectivity index (χ4v) is 5.49. The maximum Gasteiger partial charge on any atom is 0.276 e. The van der Waals surface area contributed by atoms with Gasteiger partial charge in [0.05, 0.1) is 15.2 Å². The number of para-hydroxylation sites is 1. The van der Waals surface area contributed by atoms with E-state index in [1.807, 2.05) is 47.8 Å². The summed E-state index contributed by atoms with van der Waals surface area (Å²) < 4.78 is 5.98. The fraction of sp³-hybridized carbons (Fsp3) is 0.222. The van der Waals surface area contributed by atoms with E-state index in [4.69, 9.17) is 16.3 Å². The minimum absolute atomic E-state index is 0.193. The lowest BCUT2D eigenvalue weighted by atomic mass is 10.2. The summed E-state index contributed by atoms with van der Waals surface area (Å²) in [5, 5.41) is 0.316. The van der Waals surface area contributed by atoms with Gasteiger partial charge in [-0.05, 0) is 18.2 Å². The maximum absolute atomic E-state index is 12.0. The van der Waals surface area contributed by atoms with E-state index in [9.17, 15) is 9.59 Å². The molecule has 5 nitrogen and oxygen atoms in total. The van der Waals surface area contributed by atoms with E-state index in [0.29, 0.717) is 15.4 Å². The molecule has 2 aromatic rings. The van der Waals surface area contributed by atoms with Crippen LogP contribution in [0.25, 0.3) is 0 Å². The summed E-state index contributed by atoms with van der Waals surface area (Å²) in [7, 11) is 0. The highest BCUT2D eigenvalue weighted by Gasteiger charge is 2.22. The van der Waals surface area contributed by atoms with E-state index in [2.05, 4.69) is 10.9 Å². The molecule has 0 radical (unpaired) electrons. The quantitative estimate of drug-likeness (QED) is 0.739. The lowest BCUT2D eigenvalue weighted by Crippen LogP contribution is -2.43. The summed E-state index contributed by atoms with van der Waals surface area (Å²) in [5.74, 6) is 1.97. The van der Waals surface area contributed by atoms with Crippen molar-refractivity contribution in [3.8, 4) is 5.75 Å². The van der Waals surface area contributed by atoms with Gasteiger partial charge in [-0.1, -0.05) is 41.9 Å². The van der Waals surface area contributed by atoms with Crippen molar-refractivity contribution in [3.63, 3.8) is 0 Å². The van der Waals surface area contributed by atoms with Crippen LogP contribution in [-0.2, 0) is 4.79 Å². The van der Waals surface area contributed by atoms with Gasteiger partial charge in [0.2, 0.25) is 0 Å². The Morgan fingerprint density at radius 1 is 1.04 bits per heavy atom. The molecule has 1 fully saturated rings. The average Bonchev–Trinajstić information content (AvgIpc) is 3.19. The normalized spacial score (nSPS) is 14.0. The van der Waals surface area contributed by atoms with Gasteiger partial charge in [0.1, 0.15) is 5.75 Å². The third kappa shape index (κ3) is 4.87. The Bertz CT molecular complexity index is 798. The minimum atomic E-state index is -0.483. The van der Waals surface area contributed by atoms with Gasteiger partial charge in [-0.2, -0.15) is 0 Å². The molecular formula is C18H17ClN2O3S2. The number of amides is 2. The van der Waals surface area contributed by atoms with Gasteiger partial charge in [-0.25, -0.2) is 0 Å². The summed E-state index contributed by atoms with van der Waals surface area (Å²) in [4.78, 5) is 24.0. The minimum Gasteiger partial charge on any atom is -0.483 e. The molecular weight excluding hydrogens is 392 g/mol. The number of halogens is 1. The Hall–Kier alpha value is -1.83. The average molecular weight is 409 g/mol. The van der Waals surface area contributed by atoms with E-state index in [1.54, 1.807) is 24.3 Å². The predicted octanol–water partition coefficient (Wildman–Crippen LogP) is 3.66. The van der Waals surface area contributed by atoms with Gasteiger partial charge in [0.15, 0.2) is 6.61 Å².